The molecule has 0 aliphatic rings. The second kappa shape index (κ2) is 5.51. The fourth-order valence-corrected chi connectivity index (χ4v) is 0.718. The van der Waals surface area contributed by atoms with Crippen molar-refractivity contribution in [3.8, 4) is 0 Å². The largest absolute Gasteiger partial charge is 1.00 e. The van der Waals surface area contributed by atoms with E-state index in [9.17, 15) is 21.7 Å². The first-order valence-corrected chi connectivity index (χ1v) is 3.79. The molecule has 0 bridgehead atoms. The van der Waals surface area contributed by atoms with Gasteiger partial charge in [-0.3, -0.25) is 0 Å². The third-order valence-electron chi connectivity index (χ3n) is 1.02. The highest BCUT2D eigenvalue weighted by molar-refractivity contribution is 6.50. The van der Waals surface area contributed by atoms with E-state index < -0.39 is 13.1 Å². The minimum atomic E-state index is -6.00. The Hall–Kier alpha value is -1.36. The van der Waals surface area contributed by atoms with Crippen molar-refractivity contribution in [2.75, 3.05) is 0 Å². The molecule has 0 spiro atoms. The second-order valence-corrected chi connectivity index (χ2v) is 2.60. The van der Waals surface area contributed by atoms with Crippen molar-refractivity contribution in [3.05, 3.63) is 34.0 Å². The van der Waals surface area contributed by atoms with Crippen LogP contribution >= 0.6 is 11.6 Å². The van der Waals surface area contributed by atoms with Crippen molar-refractivity contribution < 1.29 is 23.1 Å². The van der Waals surface area contributed by atoms with Crippen LogP contribution in [0.2, 0.25) is 5.02 Å². The Kier molecular flexibility index (Phi) is 5.01. The van der Waals surface area contributed by atoms with E-state index >= 15 is 0 Å². The molecular weight excluding hydrogens is 241 g/mol. The average molecular weight is 245 g/mol. The first-order valence-electron chi connectivity index (χ1n) is 3.41. The van der Waals surface area contributed by atoms with Crippen LogP contribution in [-0.2, 0) is 0 Å². The molecule has 9 heteroatoms. The molecule has 0 fully saturated rings. The van der Waals surface area contributed by atoms with Gasteiger partial charge in [0.15, 0.2) is 4.98 Å². The minimum absolute atomic E-state index is 0. The molecule has 15 heavy (non-hydrogen) atoms. The molecule has 0 saturated heterocycles. The summed E-state index contributed by atoms with van der Waals surface area (Å²) in [5.41, 5.74) is 0.0432. The summed E-state index contributed by atoms with van der Waals surface area (Å²) < 4.78 is 51.3. The number of hydrogen-bond donors (Lipinski definition) is 0. The molecule has 0 aliphatic carbocycles. The summed E-state index contributed by atoms with van der Waals surface area (Å²) in [5, 5.41) is 8.44. The Morgan fingerprint density at radius 1 is 1.27 bits per heavy atom. The van der Waals surface area contributed by atoms with E-state index in [1.165, 1.54) is 12.1 Å². The number of benzene rings is 1. The molecule has 1 aromatic carbocycles. The summed E-state index contributed by atoms with van der Waals surface area (Å²) in [6, 6.07) is 3.56. The molecule has 0 radical (unpaired) electrons. The van der Waals surface area contributed by atoms with E-state index in [2.05, 4.69) is 4.98 Å². The van der Waals surface area contributed by atoms with Gasteiger partial charge in [-0.05, 0) is 12.1 Å². The zero-order chi connectivity index (χ0) is 12.1. The fourth-order valence-electron chi connectivity index (χ4n) is 0.562. The van der Waals surface area contributed by atoms with Crippen molar-refractivity contribution >= 4 is 24.5 Å². The van der Waals surface area contributed by atoms with E-state index in [1.807, 2.05) is 0 Å². The van der Waals surface area contributed by atoms with Gasteiger partial charge < -0.3 is 17.3 Å². The topological polar surface area (TPSA) is 28.1 Å². The molecule has 1 rings (SSSR count). The number of diazo groups is 1. The normalized spacial score (nSPS) is 9.93. The quantitative estimate of drug-likeness (QED) is 0.379. The van der Waals surface area contributed by atoms with E-state index in [4.69, 9.17) is 17.0 Å². The lowest BCUT2D eigenvalue weighted by Gasteiger charge is -1.94. The van der Waals surface area contributed by atoms with Gasteiger partial charge in [-0.1, -0.05) is 11.6 Å². The highest BCUT2D eigenvalue weighted by Crippen LogP contribution is 2.24. The number of rotatable bonds is 0. The minimum Gasteiger partial charge on any atom is -0.418 e. The summed E-state index contributed by atoms with van der Waals surface area (Å²) >= 11 is 5.48. The molecule has 0 aromatic heterocycles. The van der Waals surface area contributed by atoms with Crippen molar-refractivity contribution in [1.29, 1.82) is 5.39 Å². The lowest BCUT2D eigenvalue weighted by atomic mass is 10.3. The van der Waals surface area contributed by atoms with Crippen molar-refractivity contribution in [3.63, 3.8) is 0 Å². The SMILES string of the molecule is F[B-](F)(F)F.N#[N+]c1cc(F)ccc1Cl.[H+]. The highest BCUT2D eigenvalue weighted by atomic mass is 35.5. The summed E-state index contributed by atoms with van der Waals surface area (Å²) in [6.45, 7) is 0. The summed E-state index contributed by atoms with van der Waals surface area (Å²) in [5.74, 6) is -0.475. The van der Waals surface area contributed by atoms with Gasteiger partial charge in [0.1, 0.15) is 10.8 Å². The van der Waals surface area contributed by atoms with Crippen LogP contribution in [0.1, 0.15) is 1.43 Å². The molecule has 0 aliphatic heterocycles. The maximum absolute atomic E-state index is 12.3. The van der Waals surface area contributed by atoms with Crippen LogP contribution in [0.3, 0.4) is 0 Å². The third kappa shape index (κ3) is 7.70. The zero-order valence-electron chi connectivity index (χ0n) is 7.97. The monoisotopic (exact) mass is 245 g/mol. The van der Waals surface area contributed by atoms with Gasteiger partial charge >= 0.3 is 14.4 Å². The van der Waals surface area contributed by atoms with Crippen molar-refractivity contribution in [2.45, 2.75) is 0 Å². The number of hydrogen-bond acceptors (Lipinski definition) is 1. The van der Waals surface area contributed by atoms with Gasteiger partial charge in [-0.25, -0.2) is 4.39 Å². The summed E-state index contributed by atoms with van der Waals surface area (Å²) in [6.07, 6.45) is 0. The molecule has 0 unspecified atom stereocenters. The molecule has 82 valence electrons. The maximum Gasteiger partial charge on any atom is 1.00 e. The van der Waals surface area contributed by atoms with Crippen molar-refractivity contribution in [1.82, 2.24) is 0 Å². The van der Waals surface area contributed by atoms with Gasteiger partial charge in [0.2, 0.25) is 5.39 Å². The molecule has 0 atom stereocenters. The predicted molar refractivity (Wildman–Crippen MR) is 47.5 cm³/mol. The van der Waals surface area contributed by atoms with Crippen LogP contribution in [-0.4, -0.2) is 7.25 Å². The van der Waals surface area contributed by atoms with E-state index in [0.717, 1.165) is 6.07 Å². The second-order valence-electron chi connectivity index (χ2n) is 2.19. The van der Waals surface area contributed by atoms with Gasteiger partial charge in [0.05, 0.1) is 6.07 Å². The van der Waals surface area contributed by atoms with Crippen molar-refractivity contribution in [2.24, 2.45) is 0 Å². The van der Waals surface area contributed by atoms with Gasteiger partial charge in [-0.15, -0.1) is 0 Å². The molecule has 0 amide bonds. The molecule has 0 N–H and O–H groups in total. The molecule has 0 heterocycles. The van der Waals surface area contributed by atoms with Crippen LogP contribution < -0.4 is 0 Å². The maximum atomic E-state index is 12.3. The van der Waals surface area contributed by atoms with Crippen LogP contribution in [0, 0.1) is 11.2 Å². The Labute approximate surface area is 87.9 Å². The first kappa shape index (κ1) is 13.6. The standard InChI is InChI=1S/C6H3ClFN2.BF4/c7-5-2-1-4(8)3-6(5)10-9;2-1(3,4)5/h1-3H;/q+1;-1/p+1. The van der Waals surface area contributed by atoms with Crippen LogP contribution in [0.5, 0.6) is 0 Å². The van der Waals surface area contributed by atoms with Crippen LogP contribution in [0.4, 0.5) is 27.3 Å². The summed E-state index contributed by atoms with van der Waals surface area (Å²) in [7, 11) is -6.00. The Bertz CT molecular complexity index is 374. The number of nitrogens with zero attached hydrogens (tertiary/aromatic N) is 2. The predicted octanol–water partition coefficient (Wildman–Crippen LogP) is 4.38. The molecule has 0 saturated carbocycles. The first-order chi connectivity index (χ1) is 6.74. The van der Waals surface area contributed by atoms with Gasteiger partial charge in [0.25, 0.3) is 0 Å². The molecule has 1 aromatic rings. The third-order valence-corrected chi connectivity index (χ3v) is 1.34. The van der Waals surface area contributed by atoms with E-state index in [0.29, 0.717) is 0 Å². The Morgan fingerprint density at radius 3 is 2.07 bits per heavy atom. The van der Waals surface area contributed by atoms with Crippen LogP contribution in [0.15, 0.2) is 18.2 Å². The summed E-state index contributed by atoms with van der Waals surface area (Å²) in [4.78, 5) is 2.76. The Balaban J connectivity index is 0. The zero-order valence-corrected chi connectivity index (χ0v) is 7.73. The smallest absolute Gasteiger partial charge is 0.418 e. The van der Waals surface area contributed by atoms with E-state index in [1.54, 1.807) is 0 Å². The average Bonchev–Trinajstić information content (AvgIpc) is 2.06. The molecular formula is C6H4BClF5N2+. The van der Waals surface area contributed by atoms with Gasteiger partial charge in [0, 0.05) is 0 Å². The lowest BCUT2D eigenvalue weighted by molar-refractivity contribution is 0.368. The lowest BCUT2D eigenvalue weighted by Crippen LogP contribution is -2.02. The van der Waals surface area contributed by atoms with Gasteiger partial charge in [-0.2, -0.15) is 0 Å². The molecule has 2 nitrogen and oxygen atoms in total. The highest BCUT2D eigenvalue weighted by Gasteiger charge is 2.20. The Morgan fingerprint density at radius 2 is 1.73 bits per heavy atom. The number of halogens is 6. The fraction of sp³-hybridized carbons (Fsp3) is 0. The van der Waals surface area contributed by atoms with Crippen LogP contribution in [0.25, 0.3) is 4.98 Å². The van der Waals surface area contributed by atoms with E-state index in [-0.39, 0.29) is 12.1 Å².